The summed E-state index contributed by atoms with van der Waals surface area (Å²) in [5.41, 5.74) is 0.327. The molecular weight excluding hydrogens is 416 g/mol. The van der Waals surface area contributed by atoms with Crippen LogP contribution in [0.3, 0.4) is 0 Å². The van der Waals surface area contributed by atoms with Gasteiger partial charge in [-0.3, -0.25) is 19.8 Å². The topological polar surface area (TPSA) is 84.9 Å². The molecular formula is C19H17BrN2O5. The Balaban J connectivity index is 2.46. The molecule has 8 heteroatoms. The van der Waals surface area contributed by atoms with Gasteiger partial charge in [0.05, 0.1) is 11.1 Å². The highest BCUT2D eigenvalue weighted by Crippen LogP contribution is 2.37. The van der Waals surface area contributed by atoms with E-state index < -0.39 is 17.8 Å². The maximum absolute atomic E-state index is 12.5. The van der Waals surface area contributed by atoms with E-state index in [-0.39, 0.29) is 18.7 Å². The summed E-state index contributed by atoms with van der Waals surface area (Å²) >= 11 is 3.37. The van der Waals surface area contributed by atoms with Crippen LogP contribution in [0.1, 0.15) is 12.5 Å². The van der Waals surface area contributed by atoms with Gasteiger partial charge in [-0.1, -0.05) is 12.0 Å². The van der Waals surface area contributed by atoms with Crippen molar-refractivity contribution in [3.63, 3.8) is 0 Å². The van der Waals surface area contributed by atoms with Gasteiger partial charge in [0.2, 0.25) is 0 Å². The Morgan fingerprint density at radius 1 is 1.33 bits per heavy atom. The van der Waals surface area contributed by atoms with Crippen LogP contribution in [0.4, 0.5) is 4.79 Å². The summed E-state index contributed by atoms with van der Waals surface area (Å²) in [5.74, 6) is 1.71. The molecule has 1 fully saturated rings. The number of hydrogen-bond donors (Lipinski definition) is 1. The van der Waals surface area contributed by atoms with E-state index in [4.69, 9.17) is 15.9 Å². The first kappa shape index (κ1) is 20.3. The van der Waals surface area contributed by atoms with Gasteiger partial charge in [-0.05, 0) is 46.6 Å². The Morgan fingerprint density at radius 2 is 2.07 bits per heavy atom. The molecule has 1 aromatic carbocycles. The molecule has 1 N–H and O–H groups in total. The molecule has 4 amide bonds. The molecule has 1 saturated heterocycles. The Labute approximate surface area is 165 Å². The summed E-state index contributed by atoms with van der Waals surface area (Å²) in [5, 5.41) is 2.13. The van der Waals surface area contributed by atoms with Gasteiger partial charge in [0.1, 0.15) is 12.2 Å². The van der Waals surface area contributed by atoms with Crippen LogP contribution in [0.2, 0.25) is 0 Å². The number of ether oxygens (including phenoxy) is 2. The molecule has 0 aliphatic carbocycles. The van der Waals surface area contributed by atoms with Crippen molar-refractivity contribution in [1.82, 2.24) is 10.2 Å². The van der Waals surface area contributed by atoms with Crippen molar-refractivity contribution in [2.24, 2.45) is 0 Å². The average molecular weight is 433 g/mol. The maximum atomic E-state index is 12.5. The first-order chi connectivity index (χ1) is 12.9. The van der Waals surface area contributed by atoms with Crippen molar-refractivity contribution in [1.29, 1.82) is 0 Å². The van der Waals surface area contributed by atoms with Gasteiger partial charge in [-0.25, -0.2) is 4.79 Å². The molecule has 0 atom stereocenters. The molecule has 0 unspecified atom stereocenters. The van der Waals surface area contributed by atoms with E-state index in [2.05, 4.69) is 33.7 Å². The number of carbonyl (C=O) groups is 3. The molecule has 0 saturated carbocycles. The second-order valence-electron chi connectivity index (χ2n) is 5.28. The Bertz CT molecular complexity index is 870. The number of terminal acetylenes is 1. The Morgan fingerprint density at radius 3 is 2.70 bits per heavy atom. The average Bonchev–Trinajstić information content (AvgIpc) is 2.62. The lowest BCUT2D eigenvalue weighted by molar-refractivity contribution is -0.129. The number of barbiturate groups is 1. The highest BCUT2D eigenvalue weighted by molar-refractivity contribution is 9.10. The predicted molar refractivity (Wildman–Crippen MR) is 103 cm³/mol. The van der Waals surface area contributed by atoms with Crippen molar-refractivity contribution in [2.45, 2.75) is 6.92 Å². The molecule has 1 aliphatic heterocycles. The highest BCUT2D eigenvalue weighted by atomic mass is 79.9. The minimum Gasteiger partial charge on any atom is -0.490 e. The Kier molecular flexibility index (Phi) is 6.79. The minimum absolute atomic E-state index is 0.0119. The lowest BCUT2D eigenvalue weighted by Crippen LogP contribution is -2.54. The zero-order valence-electron chi connectivity index (χ0n) is 14.6. The smallest absolute Gasteiger partial charge is 0.331 e. The molecule has 0 spiro atoms. The van der Waals surface area contributed by atoms with Crippen LogP contribution in [0.25, 0.3) is 6.08 Å². The number of benzene rings is 1. The third-order valence-corrected chi connectivity index (χ3v) is 4.03. The number of carbonyl (C=O) groups excluding carboxylic acids is 3. The van der Waals surface area contributed by atoms with E-state index in [0.717, 1.165) is 4.90 Å². The van der Waals surface area contributed by atoms with Crippen LogP contribution in [0, 0.1) is 12.3 Å². The molecule has 1 aromatic rings. The maximum Gasteiger partial charge on any atom is 0.331 e. The largest absolute Gasteiger partial charge is 0.490 e. The van der Waals surface area contributed by atoms with Crippen LogP contribution in [0.15, 0.2) is 34.8 Å². The highest BCUT2D eigenvalue weighted by Gasteiger charge is 2.35. The van der Waals surface area contributed by atoms with Crippen molar-refractivity contribution in [2.75, 3.05) is 19.8 Å². The molecule has 2 rings (SSSR count). The molecule has 140 valence electrons. The second-order valence-corrected chi connectivity index (χ2v) is 6.13. The van der Waals surface area contributed by atoms with E-state index in [0.29, 0.717) is 28.1 Å². The van der Waals surface area contributed by atoms with Gasteiger partial charge < -0.3 is 9.47 Å². The SMILES string of the molecule is C#CCOc1c(Br)cc(C=C2C(=O)NC(=O)N(CC=C)C2=O)cc1OCC. The van der Waals surface area contributed by atoms with Crippen LogP contribution in [-0.4, -0.2) is 42.5 Å². The number of urea groups is 1. The first-order valence-electron chi connectivity index (χ1n) is 7.95. The predicted octanol–water partition coefficient (Wildman–Crippen LogP) is 2.51. The number of amides is 4. The summed E-state index contributed by atoms with van der Waals surface area (Å²) in [6.45, 7) is 5.72. The van der Waals surface area contributed by atoms with Crippen LogP contribution in [-0.2, 0) is 9.59 Å². The van der Waals surface area contributed by atoms with Gasteiger partial charge in [-0.15, -0.1) is 13.0 Å². The lowest BCUT2D eigenvalue weighted by atomic mass is 10.1. The Hall–Kier alpha value is -3.05. The van der Waals surface area contributed by atoms with Crippen LogP contribution >= 0.6 is 15.9 Å². The fourth-order valence-corrected chi connectivity index (χ4v) is 2.92. The van der Waals surface area contributed by atoms with E-state index >= 15 is 0 Å². The third-order valence-electron chi connectivity index (χ3n) is 3.44. The number of halogens is 1. The van der Waals surface area contributed by atoms with Crippen molar-refractivity contribution in [3.8, 4) is 23.8 Å². The van der Waals surface area contributed by atoms with Gasteiger partial charge in [0.15, 0.2) is 11.5 Å². The number of imide groups is 2. The zero-order chi connectivity index (χ0) is 20.0. The second kappa shape index (κ2) is 9.05. The fourth-order valence-electron chi connectivity index (χ4n) is 2.34. The van der Waals surface area contributed by atoms with E-state index in [1.54, 1.807) is 19.1 Å². The van der Waals surface area contributed by atoms with Crippen LogP contribution < -0.4 is 14.8 Å². The molecule has 1 aliphatic rings. The summed E-state index contributed by atoms with van der Waals surface area (Å²) in [6, 6.07) is 2.48. The molecule has 0 bridgehead atoms. The zero-order valence-corrected chi connectivity index (χ0v) is 16.2. The van der Waals surface area contributed by atoms with E-state index in [9.17, 15) is 14.4 Å². The number of nitrogens with one attached hydrogen (secondary N) is 1. The summed E-state index contributed by atoms with van der Waals surface area (Å²) < 4.78 is 11.6. The summed E-state index contributed by atoms with van der Waals surface area (Å²) in [4.78, 5) is 37.3. The normalized spacial score (nSPS) is 15.4. The quantitative estimate of drug-likeness (QED) is 0.309. The van der Waals surface area contributed by atoms with E-state index in [1.807, 2.05) is 0 Å². The first-order valence-corrected chi connectivity index (χ1v) is 8.74. The number of rotatable bonds is 7. The number of nitrogens with zero attached hydrogens (tertiary/aromatic N) is 1. The third kappa shape index (κ3) is 4.57. The molecule has 0 aromatic heterocycles. The van der Waals surface area contributed by atoms with Gasteiger partial charge in [-0.2, -0.15) is 0 Å². The molecule has 0 radical (unpaired) electrons. The van der Waals surface area contributed by atoms with Gasteiger partial charge in [0.25, 0.3) is 11.8 Å². The van der Waals surface area contributed by atoms with Crippen molar-refractivity contribution < 1.29 is 23.9 Å². The fraction of sp³-hybridized carbons (Fsp3) is 0.211. The van der Waals surface area contributed by atoms with E-state index in [1.165, 1.54) is 12.2 Å². The van der Waals surface area contributed by atoms with Crippen molar-refractivity contribution in [3.05, 3.63) is 40.4 Å². The van der Waals surface area contributed by atoms with Gasteiger partial charge >= 0.3 is 6.03 Å². The number of hydrogen-bond acceptors (Lipinski definition) is 5. The van der Waals surface area contributed by atoms with Gasteiger partial charge in [0, 0.05) is 6.54 Å². The lowest BCUT2D eigenvalue weighted by Gasteiger charge is -2.25. The summed E-state index contributed by atoms with van der Waals surface area (Å²) in [7, 11) is 0. The molecule has 1 heterocycles. The standard InChI is InChI=1S/C19H17BrN2O5/c1-4-7-22-18(24)13(17(23)21-19(22)25)9-12-10-14(20)16(27-8-5-2)15(11-12)26-6-3/h2,4,9-11H,1,6-8H2,3H3,(H,21,23,25). The van der Waals surface area contributed by atoms with Crippen LogP contribution in [0.5, 0.6) is 11.5 Å². The molecule has 27 heavy (non-hydrogen) atoms. The monoisotopic (exact) mass is 432 g/mol. The molecule has 7 nitrogen and oxygen atoms in total. The van der Waals surface area contributed by atoms with Crippen molar-refractivity contribution >= 4 is 39.9 Å². The summed E-state index contributed by atoms with van der Waals surface area (Å²) in [6.07, 6.45) is 7.99. The minimum atomic E-state index is -0.781.